The van der Waals surface area contributed by atoms with Crippen molar-refractivity contribution in [3.05, 3.63) is 82.5 Å². The van der Waals surface area contributed by atoms with Gasteiger partial charge in [-0.15, -0.1) is 0 Å². The van der Waals surface area contributed by atoms with Crippen molar-refractivity contribution in [2.75, 3.05) is 13.2 Å². The SMILES string of the molecule is Cc1c(COc2ccc3c(c2)CN(C(=O)OC(C)(C)C)C(C(=O)O)=C3)cccc1-c1ccc2c(c1)OCCO2. The third-order valence-electron chi connectivity index (χ3n) is 6.55. The largest absolute Gasteiger partial charge is 0.489 e. The van der Waals surface area contributed by atoms with Gasteiger partial charge in [-0.25, -0.2) is 9.59 Å². The molecule has 0 saturated heterocycles. The van der Waals surface area contributed by atoms with Gasteiger partial charge >= 0.3 is 12.1 Å². The minimum Gasteiger partial charge on any atom is -0.489 e. The number of ether oxygens (including phenoxy) is 4. The summed E-state index contributed by atoms with van der Waals surface area (Å²) in [7, 11) is 0. The van der Waals surface area contributed by atoms with Gasteiger partial charge in [-0.05, 0) is 91.4 Å². The Kier molecular flexibility index (Phi) is 6.95. The molecule has 39 heavy (non-hydrogen) atoms. The average Bonchev–Trinajstić information content (AvgIpc) is 2.90. The predicted molar refractivity (Wildman–Crippen MR) is 146 cm³/mol. The second-order valence-corrected chi connectivity index (χ2v) is 10.5. The molecule has 0 atom stereocenters. The Balaban J connectivity index is 1.35. The van der Waals surface area contributed by atoms with Crippen LogP contribution >= 0.6 is 0 Å². The number of hydrogen-bond donors (Lipinski definition) is 1. The zero-order valence-corrected chi connectivity index (χ0v) is 22.4. The van der Waals surface area contributed by atoms with E-state index in [0.717, 1.165) is 49.8 Å². The number of rotatable bonds is 5. The molecule has 2 heterocycles. The molecule has 1 amide bonds. The predicted octanol–water partition coefficient (Wildman–Crippen LogP) is 6.19. The van der Waals surface area contributed by atoms with Crippen LogP contribution in [0.1, 0.15) is 43.0 Å². The van der Waals surface area contributed by atoms with Gasteiger partial charge in [0.25, 0.3) is 0 Å². The first kappa shape index (κ1) is 26.2. The summed E-state index contributed by atoms with van der Waals surface area (Å²) in [6.07, 6.45) is 0.773. The number of fused-ring (bicyclic) bond motifs is 2. The third-order valence-corrected chi connectivity index (χ3v) is 6.55. The van der Waals surface area contributed by atoms with Gasteiger partial charge in [0, 0.05) is 0 Å². The number of carbonyl (C=O) groups is 2. The van der Waals surface area contributed by atoms with E-state index in [1.165, 1.54) is 6.08 Å². The zero-order valence-electron chi connectivity index (χ0n) is 22.4. The molecule has 3 aromatic carbocycles. The van der Waals surface area contributed by atoms with Crippen molar-refractivity contribution < 1.29 is 33.6 Å². The number of amides is 1. The summed E-state index contributed by atoms with van der Waals surface area (Å²) in [5.74, 6) is 0.925. The number of carboxylic acids is 1. The van der Waals surface area contributed by atoms with Crippen LogP contribution in [0.15, 0.2) is 60.3 Å². The highest BCUT2D eigenvalue weighted by Gasteiger charge is 2.31. The summed E-state index contributed by atoms with van der Waals surface area (Å²) in [6.45, 7) is 8.78. The summed E-state index contributed by atoms with van der Waals surface area (Å²) < 4.78 is 23.0. The molecular weight excluding hydrogens is 498 g/mol. The van der Waals surface area contributed by atoms with E-state index >= 15 is 0 Å². The number of carboxylic acid groups (broad SMARTS) is 1. The van der Waals surface area contributed by atoms with Crippen LogP contribution in [0.3, 0.4) is 0 Å². The fourth-order valence-electron chi connectivity index (χ4n) is 4.61. The lowest BCUT2D eigenvalue weighted by Crippen LogP contribution is -2.39. The van der Waals surface area contributed by atoms with Crippen LogP contribution in [0.5, 0.6) is 17.2 Å². The van der Waals surface area contributed by atoms with Gasteiger partial charge in [0.05, 0.1) is 6.54 Å². The van der Waals surface area contributed by atoms with Crippen LogP contribution in [0.25, 0.3) is 17.2 Å². The van der Waals surface area contributed by atoms with Gasteiger partial charge < -0.3 is 24.1 Å². The number of hydrogen-bond acceptors (Lipinski definition) is 6. The maximum Gasteiger partial charge on any atom is 0.415 e. The van der Waals surface area contributed by atoms with Crippen LogP contribution in [0.4, 0.5) is 4.79 Å². The third kappa shape index (κ3) is 5.70. The molecule has 0 radical (unpaired) electrons. The normalized spacial score (nSPS) is 14.3. The molecule has 202 valence electrons. The first-order valence-electron chi connectivity index (χ1n) is 12.8. The summed E-state index contributed by atoms with van der Waals surface area (Å²) in [5.41, 5.74) is 4.85. The van der Waals surface area contributed by atoms with E-state index in [4.69, 9.17) is 18.9 Å². The highest BCUT2D eigenvalue weighted by molar-refractivity contribution is 5.96. The van der Waals surface area contributed by atoms with Crippen molar-refractivity contribution in [1.29, 1.82) is 0 Å². The van der Waals surface area contributed by atoms with Gasteiger partial charge in [0.15, 0.2) is 11.5 Å². The van der Waals surface area contributed by atoms with E-state index in [2.05, 4.69) is 13.0 Å². The van der Waals surface area contributed by atoms with Gasteiger partial charge in [0.1, 0.15) is 36.9 Å². The number of carbonyl (C=O) groups excluding carboxylic acids is 1. The maximum absolute atomic E-state index is 12.8. The molecular formula is C31H31NO7. The van der Waals surface area contributed by atoms with Crippen LogP contribution in [0.2, 0.25) is 0 Å². The van der Waals surface area contributed by atoms with Crippen LogP contribution in [-0.2, 0) is 22.7 Å². The second kappa shape index (κ2) is 10.4. The Hall–Kier alpha value is -4.46. The lowest BCUT2D eigenvalue weighted by Gasteiger charge is -2.30. The number of aliphatic carboxylic acids is 1. The molecule has 0 unspecified atom stereocenters. The fraction of sp³-hybridized carbons (Fsp3) is 0.290. The molecule has 0 aromatic heterocycles. The smallest absolute Gasteiger partial charge is 0.415 e. The molecule has 8 nitrogen and oxygen atoms in total. The molecule has 2 aliphatic heterocycles. The summed E-state index contributed by atoms with van der Waals surface area (Å²) >= 11 is 0. The summed E-state index contributed by atoms with van der Waals surface area (Å²) in [6, 6.07) is 17.5. The van der Waals surface area contributed by atoms with Gasteiger partial charge in [-0.1, -0.05) is 30.3 Å². The summed E-state index contributed by atoms with van der Waals surface area (Å²) in [4.78, 5) is 25.7. The molecule has 0 spiro atoms. The van der Waals surface area contributed by atoms with Crippen molar-refractivity contribution in [3.8, 4) is 28.4 Å². The summed E-state index contributed by atoms with van der Waals surface area (Å²) in [5, 5.41) is 9.68. The lowest BCUT2D eigenvalue weighted by atomic mass is 9.96. The molecule has 3 aromatic rings. The van der Waals surface area contributed by atoms with Crippen molar-refractivity contribution >= 4 is 18.1 Å². The average molecular weight is 530 g/mol. The van der Waals surface area contributed by atoms with Crippen molar-refractivity contribution in [1.82, 2.24) is 4.90 Å². The number of nitrogens with zero attached hydrogens (tertiary/aromatic N) is 1. The highest BCUT2D eigenvalue weighted by Crippen LogP contribution is 2.36. The van der Waals surface area contributed by atoms with E-state index in [-0.39, 0.29) is 12.2 Å². The van der Waals surface area contributed by atoms with E-state index in [1.807, 2.05) is 36.4 Å². The first-order chi connectivity index (χ1) is 18.6. The van der Waals surface area contributed by atoms with Gasteiger partial charge in [-0.2, -0.15) is 0 Å². The molecule has 0 fully saturated rings. The molecule has 0 bridgehead atoms. The maximum atomic E-state index is 12.8. The Morgan fingerprint density at radius 3 is 2.51 bits per heavy atom. The van der Waals surface area contributed by atoms with E-state index in [0.29, 0.717) is 25.6 Å². The molecule has 2 aliphatic rings. The minimum absolute atomic E-state index is 0.0677. The lowest BCUT2D eigenvalue weighted by molar-refractivity contribution is -0.134. The van der Waals surface area contributed by atoms with Gasteiger partial charge in [0.2, 0.25) is 0 Å². The van der Waals surface area contributed by atoms with E-state index in [9.17, 15) is 14.7 Å². The van der Waals surface area contributed by atoms with Crippen LogP contribution in [-0.4, -0.2) is 40.9 Å². The van der Waals surface area contributed by atoms with Crippen molar-refractivity contribution in [2.24, 2.45) is 0 Å². The second-order valence-electron chi connectivity index (χ2n) is 10.5. The standard InChI is InChI=1S/C31H31NO7/c1-19-22(6-5-7-25(19)21-9-11-27-28(16-21)37-13-12-36-27)18-38-24-10-8-20-15-26(29(33)34)32(17-23(20)14-24)30(35)39-31(2,3)4/h5-11,14-16H,12-13,17-18H2,1-4H3,(H,33,34). The number of benzene rings is 3. The van der Waals surface area contributed by atoms with Crippen molar-refractivity contribution in [3.63, 3.8) is 0 Å². The van der Waals surface area contributed by atoms with Gasteiger partial charge in [-0.3, -0.25) is 4.90 Å². The van der Waals surface area contributed by atoms with Crippen molar-refractivity contribution in [2.45, 2.75) is 46.4 Å². The first-order valence-corrected chi connectivity index (χ1v) is 12.8. The van der Waals surface area contributed by atoms with Crippen LogP contribution < -0.4 is 14.2 Å². The minimum atomic E-state index is -1.19. The monoisotopic (exact) mass is 529 g/mol. The fourth-order valence-corrected chi connectivity index (χ4v) is 4.61. The Labute approximate surface area is 227 Å². The zero-order chi connectivity index (χ0) is 27.7. The molecule has 0 aliphatic carbocycles. The quantitative estimate of drug-likeness (QED) is 0.421. The van der Waals surface area contributed by atoms with E-state index in [1.54, 1.807) is 32.9 Å². The highest BCUT2D eigenvalue weighted by atomic mass is 16.6. The molecule has 0 saturated carbocycles. The van der Waals surface area contributed by atoms with E-state index < -0.39 is 17.7 Å². The Morgan fingerprint density at radius 1 is 1.00 bits per heavy atom. The topological polar surface area (TPSA) is 94.5 Å². The molecule has 1 N–H and O–H groups in total. The van der Waals surface area contributed by atoms with Crippen LogP contribution in [0, 0.1) is 6.92 Å². The Morgan fingerprint density at radius 2 is 1.77 bits per heavy atom. The molecule has 8 heteroatoms. The molecule has 5 rings (SSSR count). The Bertz CT molecular complexity index is 1470.